The van der Waals surface area contributed by atoms with Crippen molar-refractivity contribution in [3.8, 4) is 18.1 Å². The molecule has 0 spiro atoms. The topological polar surface area (TPSA) is 67.4 Å². The Kier molecular flexibility index (Phi) is 5.92. The number of rotatable bonds is 6. The molecule has 5 nitrogen and oxygen atoms in total. The highest BCUT2D eigenvalue weighted by atomic mass is 19.1. The predicted molar refractivity (Wildman–Crippen MR) is 88.1 cm³/mol. The summed E-state index contributed by atoms with van der Waals surface area (Å²) >= 11 is 0. The third kappa shape index (κ3) is 4.85. The molecule has 6 heteroatoms. The van der Waals surface area contributed by atoms with Crippen LogP contribution in [0.1, 0.15) is 10.4 Å². The zero-order chi connectivity index (χ0) is 17.4. The molecule has 2 amide bonds. The lowest BCUT2D eigenvalue weighted by Crippen LogP contribution is -2.26. The Hall–Kier alpha value is -3.33. The van der Waals surface area contributed by atoms with Crippen molar-refractivity contribution in [1.82, 2.24) is 5.32 Å². The number of anilines is 1. The van der Waals surface area contributed by atoms with E-state index >= 15 is 0 Å². The second-order valence-corrected chi connectivity index (χ2v) is 4.73. The maximum Gasteiger partial charge on any atom is 0.262 e. The average molecular weight is 326 g/mol. The SMILES string of the molecule is C#CCNC(=O)c1ccccc1NC(=O)COc1cccc(F)c1. The number of amides is 2. The molecule has 2 N–H and O–H groups in total. The summed E-state index contributed by atoms with van der Waals surface area (Å²) in [5.74, 6) is 1.22. The molecule has 0 atom stereocenters. The first-order valence-electron chi connectivity index (χ1n) is 7.09. The number of terminal acetylenes is 1. The molecule has 0 radical (unpaired) electrons. The zero-order valence-corrected chi connectivity index (χ0v) is 12.7. The van der Waals surface area contributed by atoms with Crippen LogP contribution in [0.5, 0.6) is 5.75 Å². The monoisotopic (exact) mass is 326 g/mol. The van der Waals surface area contributed by atoms with Gasteiger partial charge in [0.15, 0.2) is 6.61 Å². The molecule has 0 unspecified atom stereocenters. The number of hydrogen-bond acceptors (Lipinski definition) is 3. The molecule has 0 saturated heterocycles. The van der Waals surface area contributed by atoms with Gasteiger partial charge in [-0.3, -0.25) is 9.59 Å². The Bertz CT molecular complexity index is 784. The Balaban J connectivity index is 1.99. The summed E-state index contributed by atoms with van der Waals surface area (Å²) in [7, 11) is 0. The predicted octanol–water partition coefficient (Wildman–Crippen LogP) is 2.21. The molecule has 122 valence electrons. The summed E-state index contributed by atoms with van der Waals surface area (Å²) in [5, 5.41) is 5.11. The number of hydrogen-bond donors (Lipinski definition) is 2. The number of nitrogens with one attached hydrogen (secondary N) is 2. The quantitative estimate of drug-likeness (QED) is 0.800. The average Bonchev–Trinajstić information content (AvgIpc) is 2.58. The van der Waals surface area contributed by atoms with E-state index in [0.29, 0.717) is 5.69 Å². The van der Waals surface area contributed by atoms with Gasteiger partial charge in [-0.1, -0.05) is 24.1 Å². The maximum atomic E-state index is 13.0. The summed E-state index contributed by atoms with van der Waals surface area (Å²) < 4.78 is 18.2. The Morgan fingerprint density at radius 3 is 2.71 bits per heavy atom. The Labute approximate surface area is 138 Å². The fraction of sp³-hybridized carbons (Fsp3) is 0.111. The summed E-state index contributed by atoms with van der Waals surface area (Å²) in [6, 6.07) is 12.0. The van der Waals surface area contributed by atoms with Crippen molar-refractivity contribution in [2.24, 2.45) is 0 Å². The van der Waals surface area contributed by atoms with Gasteiger partial charge < -0.3 is 15.4 Å². The van der Waals surface area contributed by atoms with Crippen molar-refractivity contribution in [3.63, 3.8) is 0 Å². The van der Waals surface area contributed by atoms with E-state index < -0.39 is 17.6 Å². The number of carbonyl (C=O) groups excluding carboxylic acids is 2. The number of halogens is 1. The molecule has 2 aromatic carbocycles. The van der Waals surface area contributed by atoms with Gasteiger partial charge in [0.2, 0.25) is 0 Å². The van der Waals surface area contributed by atoms with E-state index in [-0.39, 0.29) is 24.5 Å². The van der Waals surface area contributed by atoms with Crippen LogP contribution in [0.4, 0.5) is 10.1 Å². The van der Waals surface area contributed by atoms with Gasteiger partial charge in [-0.25, -0.2) is 4.39 Å². The molecule has 24 heavy (non-hydrogen) atoms. The lowest BCUT2D eigenvalue weighted by molar-refractivity contribution is -0.118. The van der Waals surface area contributed by atoms with Crippen LogP contribution in [-0.4, -0.2) is 25.0 Å². The van der Waals surface area contributed by atoms with Gasteiger partial charge in [0.1, 0.15) is 11.6 Å². The summed E-state index contributed by atoms with van der Waals surface area (Å²) in [6.07, 6.45) is 5.10. The molecule has 0 fully saturated rings. The van der Waals surface area contributed by atoms with Gasteiger partial charge in [-0.2, -0.15) is 0 Å². The van der Waals surface area contributed by atoms with Gasteiger partial charge in [0.05, 0.1) is 17.8 Å². The van der Waals surface area contributed by atoms with Gasteiger partial charge in [-0.05, 0) is 24.3 Å². The van der Waals surface area contributed by atoms with Crippen molar-refractivity contribution < 1.29 is 18.7 Å². The minimum Gasteiger partial charge on any atom is -0.484 e. The van der Waals surface area contributed by atoms with Gasteiger partial charge in [-0.15, -0.1) is 6.42 Å². The van der Waals surface area contributed by atoms with Crippen molar-refractivity contribution in [2.75, 3.05) is 18.5 Å². The van der Waals surface area contributed by atoms with E-state index in [1.807, 2.05) is 0 Å². The van der Waals surface area contributed by atoms with E-state index in [1.54, 1.807) is 24.3 Å². The number of carbonyl (C=O) groups is 2. The summed E-state index contributed by atoms with van der Waals surface area (Å²) in [6.45, 7) is -0.229. The molecule has 0 heterocycles. The van der Waals surface area contributed by atoms with Crippen LogP contribution < -0.4 is 15.4 Å². The van der Waals surface area contributed by atoms with E-state index in [0.717, 1.165) is 0 Å². The molecule has 0 aliphatic rings. The van der Waals surface area contributed by atoms with Crippen molar-refractivity contribution >= 4 is 17.5 Å². The second kappa shape index (κ2) is 8.34. The normalized spacial score (nSPS) is 9.67. The smallest absolute Gasteiger partial charge is 0.262 e. The standard InChI is InChI=1S/C18H15FN2O3/c1-2-10-20-18(23)15-8-3-4-9-16(15)21-17(22)12-24-14-7-5-6-13(19)11-14/h1,3-9,11H,10,12H2,(H,20,23)(H,21,22). The number of ether oxygens (including phenoxy) is 1. The number of benzene rings is 2. The van der Waals surface area contributed by atoms with E-state index in [4.69, 9.17) is 11.2 Å². The molecule has 2 aromatic rings. The van der Waals surface area contributed by atoms with Gasteiger partial charge >= 0.3 is 0 Å². The zero-order valence-electron chi connectivity index (χ0n) is 12.7. The van der Waals surface area contributed by atoms with Crippen LogP contribution in [0.15, 0.2) is 48.5 Å². The Morgan fingerprint density at radius 1 is 1.17 bits per heavy atom. The van der Waals surface area contributed by atoms with Crippen molar-refractivity contribution in [2.45, 2.75) is 0 Å². The molecule has 0 aromatic heterocycles. The van der Waals surface area contributed by atoms with E-state index in [2.05, 4.69) is 16.6 Å². The fourth-order valence-corrected chi connectivity index (χ4v) is 1.91. The van der Waals surface area contributed by atoms with Crippen LogP contribution in [0.25, 0.3) is 0 Å². The molecular weight excluding hydrogens is 311 g/mol. The van der Waals surface area contributed by atoms with Crippen LogP contribution in [-0.2, 0) is 4.79 Å². The summed E-state index contributed by atoms with van der Waals surface area (Å²) in [4.78, 5) is 24.0. The van der Waals surface area contributed by atoms with Crippen LogP contribution in [0.2, 0.25) is 0 Å². The minimum absolute atomic E-state index is 0.0871. The van der Waals surface area contributed by atoms with E-state index in [1.165, 1.54) is 24.3 Å². The van der Waals surface area contributed by atoms with E-state index in [9.17, 15) is 14.0 Å². The fourth-order valence-electron chi connectivity index (χ4n) is 1.91. The molecular formula is C18H15FN2O3. The third-order valence-electron chi connectivity index (χ3n) is 2.96. The van der Waals surface area contributed by atoms with Crippen LogP contribution >= 0.6 is 0 Å². The molecule has 0 bridgehead atoms. The molecule has 2 rings (SSSR count). The first kappa shape index (κ1) is 17.0. The lowest BCUT2D eigenvalue weighted by atomic mass is 10.1. The van der Waals surface area contributed by atoms with Crippen molar-refractivity contribution in [1.29, 1.82) is 0 Å². The second-order valence-electron chi connectivity index (χ2n) is 4.73. The summed E-state index contributed by atoms with van der Waals surface area (Å²) in [5.41, 5.74) is 0.617. The first-order valence-corrected chi connectivity index (χ1v) is 7.09. The van der Waals surface area contributed by atoms with Crippen LogP contribution in [0, 0.1) is 18.2 Å². The van der Waals surface area contributed by atoms with Gasteiger partial charge in [0, 0.05) is 6.07 Å². The third-order valence-corrected chi connectivity index (χ3v) is 2.96. The van der Waals surface area contributed by atoms with Crippen LogP contribution in [0.3, 0.4) is 0 Å². The first-order chi connectivity index (χ1) is 11.6. The minimum atomic E-state index is -0.475. The highest BCUT2D eigenvalue weighted by Crippen LogP contribution is 2.15. The number of para-hydroxylation sites is 1. The Morgan fingerprint density at radius 2 is 1.96 bits per heavy atom. The molecule has 0 aliphatic carbocycles. The van der Waals surface area contributed by atoms with Gasteiger partial charge in [0.25, 0.3) is 11.8 Å². The molecule has 0 saturated carbocycles. The highest BCUT2D eigenvalue weighted by molar-refractivity contribution is 6.04. The maximum absolute atomic E-state index is 13.0. The van der Waals surface area contributed by atoms with Crippen molar-refractivity contribution in [3.05, 3.63) is 59.9 Å². The highest BCUT2D eigenvalue weighted by Gasteiger charge is 2.12. The largest absolute Gasteiger partial charge is 0.484 e. The lowest BCUT2D eigenvalue weighted by Gasteiger charge is -2.11. The molecule has 0 aliphatic heterocycles.